The maximum absolute atomic E-state index is 12.2. The summed E-state index contributed by atoms with van der Waals surface area (Å²) in [6.45, 7) is 4.23. The fourth-order valence-corrected chi connectivity index (χ4v) is 4.84. The standard InChI is InChI=1S/C34H65NO3/c1-3-5-7-9-11-13-14-15-16-17-18-19-20-22-24-26-28-30-34(38)35-32(31-36)33(37)29-27-25-23-21-12-10-8-6-4-2/h12,21,27,29,32-33,36-37H,3-11,13-20,22-26,28,30-31H2,1-2H3,(H,35,38). The van der Waals surface area contributed by atoms with Gasteiger partial charge in [-0.05, 0) is 32.1 Å². The van der Waals surface area contributed by atoms with Crippen LogP contribution in [0.1, 0.15) is 168 Å². The van der Waals surface area contributed by atoms with Gasteiger partial charge in [-0.2, -0.15) is 0 Å². The van der Waals surface area contributed by atoms with E-state index in [2.05, 4.69) is 31.3 Å². The molecule has 0 fully saturated rings. The van der Waals surface area contributed by atoms with E-state index in [9.17, 15) is 15.0 Å². The number of unbranched alkanes of at least 4 members (excludes halogenated alkanes) is 20. The van der Waals surface area contributed by atoms with E-state index in [0.29, 0.717) is 6.42 Å². The third-order valence-corrected chi connectivity index (χ3v) is 7.44. The molecule has 4 heteroatoms. The van der Waals surface area contributed by atoms with Gasteiger partial charge in [-0.15, -0.1) is 0 Å². The average molecular weight is 536 g/mol. The fourth-order valence-electron chi connectivity index (χ4n) is 4.84. The summed E-state index contributed by atoms with van der Waals surface area (Å²) >= 11 is 0. The van der Waals surface area contributed by atoms with Gasteiger partial charge < -0.3 is 15.5 Å². The van der Waals surface area contributed by atoms with Crippen LogP contribution < -0.4 is 5.32 Å². The number of allylic oxidation sites excluding steroid dienone is 3. The van der Waals surface area contributed by atoms with Crippen LogP contribution in [0.15, 0.2) is 24.3 Å². The van der Waals surface area contributed by atoms with Crippen molar-refractivity contribution in [3.8, 4) is 0 Å². The number of nitrogens with one attached hydrogen (secondary N) is 1. The molecule has 0 radical (unpaired) electrons. The maximum Gasteiger partial charge on any atom is 0.220 e. The summed E-state index contributed by atoms with van der Waals surface area (Å²) in [6, 6.07) is -0.630. The molecule has 0 aliphatic heterocycles. The van der Waals surface area contributed by atoms with Crippen molar-refractivity contribution in [2.24, 2.45) is 0 Å². The lowest BCUT2D eigenvalue weighted by molar-refractivity contribution is -0.123. The molecular formula is C34H65NO3. The van der Waals surface area contributed by atoms with E-state index in [4.69, 9.17) is 0 Å². The van der Waals surface area contributed by atoms with Gasteiger partial charge in [-0.1, -0.05) is 154 Å². The molecule has 2 unspecified atom stereocenters. The number of hydrogen-bond acceptors (Lipinski definition) is 3. The van der Waals surface area contributed by atoms with Gasteiger partial charge in [0.2, 0.25) is 5.91 Å². The topological polar surface area (TPSA) is 69.6 Å². The van der Waals surface area contributed by atoms with Gasteiger partial charge in [-0.25, -0.2) is 0 Å². The first kappa shape index (κ1) is 36.9. The number of carbonyl (C=O) groups is 1. The predicted octanol–water partition coefficient (Wildman–Crippen LogP) is 9.34. The van der Waals surface area contributed by atoms with E-state index in [1.54, 1.807) is 6.08 Å². The Bertz CT molecular complexity index is 546. The first-order valence-corrected chi connectivity index (χ1v) is 16.6. The molecule has 0 spiro atoms. The van der Waals surface area contributed by atoms with Gasteiger partial charge in [0.1, 0.15) is 0 Å². The van der Waals surface area contributed by atoms with Crippen LogP contribution in [0.5, 0.6) is 0 Å². The molecule has 0 aromatic heterocycles. The van der Waals surface area contributed by atoms with E-state index < -0.39 is 12.1 Å². The van der Waals surface area contributed by atoms with Crippen LogP contribution in [0.4, 0.5) is 0 Å². The van der Waals surface area contributed by atoms with Crippen LogP contribution in [0.25, 0.3) is 0 Å². The summed E-state index contributed by atoms with van der Waals surface area (Å²) in [7, 11) is 0. The summed E-state index contributed by atoms with van der Waals surface area (Å²) in [5.41, 5.74) is 0. The minimum Gasteiger partial charge on any atom is -0.394 e. The maximum atomic E-state index is 12.2. The van der Waals surface area contributed by atoms with Gasteiger partial charge >= 0.3 is 0 Å². The molecule has 0 aliphatic carbocycles. The molecule has 0 saturated carbocycles. The van der Waals surface area contributed by atoms with Crippen LogP contribution in [-0.2, 0) is 4.79 Å². The molecule has 3 N–H and O–H groups in total. The summed E-state index contributed by atoms with van der Waals surface area (Å²) in [5.74, 6) is -0.0764. The molecule has 224 valence electrons. The molecule has 1 amide bonds. The summed E-state index contributed by atoms with van der Waals surface area (Å²) in [4.78, 5) is 12.2. The Balaban J connectivity index is 3.60. The number of hydrogen-bond donors (Lipinski definition) is 3. The van der Waals surface area contributed by atoms with Crippen LogP contribution >= 0.6 is 0 Å². The Hall–Kier alpha value is -1.13. The molecule has 2 atom stereocenters. The van der Waals surface area contributed by atoms with Crippen molar-refractivity contribution >= 4 is 5.91 Å². The van der Waals surface area contributed by atoms with E-state index in [1.165, 1.54) is 116 Å². The third-order valence-electron chi connectivity index (χ3n) is 7.44. The zero-order valence-electron chi connectivity index (χ0n) is 25.4. The molecule has 0 heterocycles. The normalized spacial score (nSPS) is 13.5. The largest absolute Gasteiger partial charge is 0.394 e. The minimum atomic E-state index is -0.854. The second kappa shape index (κ2) is 30.4. The zero-order valence-corrected chi connectivity index (χ0v) is 25.4. The van der Waals surface area contributed by atoms with Gasteiger partial charge in [0.15, 0.2) is 0 Å². The highest BCUT2D eigenvalue weighted by atomic mass is 16.3. The quantitative estimate of drug-likeness (QED) is 0.0660. The van der Waals surface area contributed by atoms with E-state index in [1.807, 2.05) is 6.08 Å². The van der Waals surface area contributed by atoms with Crippen molar-refractivity contribution in [3.63, 3.8) is 0 Å². The van der Waals surface area contributed by atoms with E-state index in [0.717, 1.165) is 32.1 Å². The average Bonchev–Trinajstić information content (AvgIpc) is 2.92. The van der Waals surface area contributed by atoms with Gasteiger partial charge in [0.05, 0.1) is 18.8 Å². The monoisotopic (exact) mass is 535 g/mol. The number of carbonyl (C=O) groups excluding carboxylic acids is 1. The lowest BCUT2D eigenvalue weighted by atomic mass is 10.0. The molecule has 0 aliphatic rings. The lowest BCUT2D eigenvalue weighted by Crippen LogP contribution is -2.45. The lowest BCUT2D eigenvalue weighted by Gasteiger charge is -2.19. The van der Waals surface area contributed by atoms with Crippen molar-refractivity contribution in [3.05, 3.63) is 24.3 Å². The van der Waals surface area contributed by atoms with Crippen LogP contribution in [0, 0.1) is 0 Å². The molecular weight excluding hydrogens is 470 g/mol. The SMILES string of the molecule is CCCCCC=CCCC=CC(O)C(CO)NC(=O)CCCCCCCCCCCCCCCCCCC. The molecule has 0 saturated heterocycles. The highest BCUT2D eigenvalue weighted by Crippen LogP contribution is 2.14. The molecule has 0 rings (SSSR count). The second-order valence-corrected chi connectivity index (χ2v) is 11.2. The Morgan fingerprint density at radius 1 is 0.605 bits per heavy atom. The molecule has 38 heavy (non-hydrogen) atoms. The Labute approximate surface area is 237 Å². The van der Waals surface area contributed by atoms with Crippen molar-refractivity contribution in [1.29, 1.82) is 0 Å². The number of rotatable bonds is 29. The zero-order chi connectivity index (χ0) is 27.9. The Morgan fingerprint density at radius 3 is 1.53 bits per heavy atom. The third kappa shape index (κ3) is 26.5. The number of amides is 1. The predicted molar refractivity (Wildman–Crippen MR) is 165 cm³/mol. The summed E-state index contributed by atoms with van der Waals surface area (Å²) in [6.07, 6.45) is 36.9. The highest BCUT2D eigenvalue weighted by Gasteiger charge is 2.17. The first-order valence-electron chi connectivity index (χ1n) is 16.6. The van der Waals surface area contributed by atoms with Crippen LogP contribution in [0.3, 0.4) is 0 Å². The Kier molecular flexibility index (Phi) is 29.5. The van der Waals surface area contributed by atoms with Crippen LogP contribution in [-0.4, -0.2) is 34.9 Å². The van der Waals surface area contributed by atoms with Crippen molar-refractivity contribution in [1.82, 2.24) is 5.32 Å². The van der Waals surface area contributed by atoms with Crippen molar-refractivity contribution in [2.75, 3.05) is 6.61 Å². The second-order valence-electron chi connectivity index (χ2n) is 11.2. The molecule has 0 aromatic carbocycles. The van der Waals surface area contributed by atoms with Gasteiger partial charge in [-0.3, -0.25) is 4.79 Å². The van der Waals surface area contributed by atoms with Crippen molar-refractivity contribution in [2.45, 2.75) is 180 Å². The number of aliphatic hydroxyl groups is 2. The minimum absolute atomic E-state index is 0.0764. The van der Waals surface area contributed by atoms with Gasteiger partial charge in [0.25, 0.3) is 0 Å². The molecule has 0 aromatic rings. The summed E-state index contributed by atoms with van der Waals surface area (Å²) < 4.78 is 0. The molecule has 4 nitrogen and oxygen atoms in total. The van der Waals surface area contributed by atoms with E-state index in [-0.39, 0.29) is 12.5 Å². The Morgan fingerprint density at radius 2 is 1.03 bits per heavy atom. The smallest absolute Gasteiger partial charge is 0.220 e. The van der Waals surface area contributed by atoms with Crippen LogP contribution in [0.2, 0.25) is 0 Å². The highest BCUT2D eigenvalue weighted by molar-refractivity contribution is 5.76. The van der Waals surface area contributed by atoms with Crippen molar-refractivity contribution < 1.29 is 15.0 Å². The fraction of sp³-hybridized carbons (Fsp3) is 0.853. The first-order chi connectivity index (χ1) is 18.7. The van der Waals surface area contributed by atoms with E-state index >= 15 is 0 Å². The van der Waals surface area contributed by atoms with Gasteiger partial charge in [0, 0.05) is 6.42 Å². The molecule has 0 bridgehead atoms. The number of aliphatic hydroxyl groups excluding tert-OH is 2. The summed E-state index contributed by atoms with van der Waals surface area (Å²) in [5, 5.41) is 22.7.